The number of carbonyl (C=O) groups excluding carboxylic acids is 3. The molecule has 0 spiro atoms. The standard InChI is InChI=1S/C27H26BClN4O7/c29-18-3-1-2-17(12-18)15-4-6-16(7-5-15)21-13-19-8-10-23(34)33(19)28(32-21)20(9-11-24(35)36)27(40)31-22(26(30)39)14-25(37)38/h1-7,12-13,20,22H,8-11,14H2,(H2,30,39)(H,31,40)(H,35,36)(H,37,38)/t20?,22-/m0/s1. The van der Waals surface area contributed by atoms with Crippen LogP contribution in [-0.4, -0.2) is 63.4 Å². The number of fused-ring (bicyclic) bond motifs is 1. The maximum Gasteiger partial charge on any atom is 0.414 e. The van der Waals surface area contributed by atoms with E-state index in [1.165, 1.54) is 4.81 Å². The fraction of sp³-hybridized carbons (Fsp3) is 0.259. The number of rotatable bonds is 11. The van der Waals surface area contributed by atoms with Gasteiger partial charge in [0, 0.05) is 23.6 Å². The Morgan fingerprint density at radius 3 is 2.35 bits per heavy atom. The lowest BCUT2D eigenvalue weighted by molar-refractivity contribution is -0.140. The quantitative estimate of drug-likeness (QED) is 0.303. The van der Waals surface area contributed by atoms with Crippen molar-refractivity contribution in [2.24, 2.45) is 10.6 Å². The van der Waals surface area contributed by atoms with Gasteiger partial charge in [-0.15, -0.1) is 0 Å². The lowest BCUT2D eigenvalue weighted by Gasteiger charge is -2.32. The van der Waals surface area contributed by atoms with Crippen LogP contribution >= 0.6 is 11.6 Å². The number of carboxylic acids is 2. The number of nitrogens with two attached hydrogens (primary N) is 1. The molecule has 3 amide bonds. The number of nitrogens with one attached hydrogen (secondary N) is 1. The summed E-state index contributed by atoms with van der Waals surface area (Å²) in [7, 11) is 0. The monoisotopic (exact) mass is 564 g/mol. The number of benzene rings is 2. The molecule has 2 atom stereocenters. The van der Waals surface area contributed by atoms with Gasteiger partial charge in [0.1, 0.15) is 6.04 Å². The number of primary amides is 1. The fourth-order valence-electron chi connectivity index (χ4n) is 4.79. The van der Waals surface area contributed by atoms with Gasteiger partial charge < -0.3 is 31.0 Å². The molecule has 2 aliphatic rings. The van der Waals surface area contributed by atoms with Gasteiger partial charge in [0.2, 0.25) is 17.7 Å². The van der Waals surface area contributed by atoms with Crippen LogP contribution in [0.1, 0.15) is 37.7 Å². The molecular formula is C27H26BClN4O7. The minimum Gasteiger partial charge on any atom is -0.481 e. The summed E-state index contributed by atoms with van der Waals surface area (Å²) in [6.45, 7) is -1.10. The third-order valence-corrected chi connectivity index (χ3v) is 6.99. The Morgan fingerprint density at radius 1 is 1.02 bits per heavy atom. The molecule has 1 unspecified atom stereocenters. The summed E-state index contributed by atoms with van der Waals surface area (Å²) in [6.07, 6.45) is 0.971. The van der Waals surface area contributed by atoms with Gasteiger partial charge in [0.05, 0.1) is 17.9 Å². The lowest BCUT2D eigenvalue weighted by atomic mass is 9.57. The summed E-state index contributed by atoms with van der Waals surface area (Å²) in [5.41, 5.74) is 8.95. The van der Waals surface area contributed by atoms with Crippen LogP contribution in [0.15, 0.2) is 65.2 Å². The molecule has 0 saturated carbocycles. The molecule has 1 fully saturated rings. The summed E-state index contributed by atoms with van der Waals surface area (Å²) in [4.78, 5) is 66.7. The van der Waals surface area contributed by atoms with Crippen LogP contribution in [0.25, 0.3) is 11.1 Å². The van der Waals surface area contributed by atoms with E-state index in [1.807, 2.05) is 42.5 Å². The summed E-state index contributed by atoms with van der Waals surface area (Å²) < 4.78 is 0. The second kappa shape index (κ2) is 12.2. The molecule has 2 heterocycles. The van der Waals surface area contributed by atoms with Crippen molar-refractivity contribution >= 4 is 54.0 Å². The van der Waals surface area contributed by atoms with E-state index in [0.29, 0.717) is 28.4 Å². The highest BCUT2D eigenvalue weighted by atomic mass is 35.5. The number of hydrogen-bond acceptors (Lipinski definition) is 6. The SMILES string of the molecule is NC(=O)[C@H](CC(=O)O)NC(=O)C(CCC(=O)O)B1N=C(c2ccc(-c3cccc(Cl)c3)cc2)C=C2CCC(=O)N12. The number of allylic oxidation sites excluding steroid dienone is 2. The minimum atomic E-state index is -1.52. The van der Waals surface area contributed by atoms with E-state index in [1.54, 1.807) is 12.1 Å². The van der Waals surface area contributed by atoms with Gasteiger partial charge in [-0.25, -0.2) is 0 Å². The Morgan fingerprint density at radius 2 is 1.73 bits per heavy atom. The Bertz CT molecular complexity index is 1430. The molecule has 13 heteroatoms. The first-order valence-corrected chi connectivity index (χ1v) is 12.9. The molecular weight excluding hydrogens is 539 g/mol. The maximum absolute atomic E-state index is 13.4. The molecule has 0 aromatic heterocycles. The van der Waals surface area contributed by atoms with E-state index in [-0.39, 0.29) is 18.7 Å². The predicted molar refractivity (Wildman–Crippen MR) is 147 cm³/mol. The average molecular weight is 565 g/mol. The highest BCUT2D eigenvalue weighted by molar-refractivity contribution is 6.66. The zero-order valence-corrected chi connectivity index (χ0v) is 22.0. The highest BCUT2D eigenvalue weighted by Crippen LogP contribution is 2.35. The van der Waals surface area contributed by atoms with E-state index in [9.17, 15) is 29.1 Å². The fourth-order valence-corrected chi connectivity index (χ4v) is 4.98. The first-order valence-electron chi connectivity index (χ1n) is 12.5. The zero-order chi connectivity index (χ0) is 29.0. The van der Waals surface area contributed by atoms with Crippen molar-refractivity contribution in [2.45, 2.75) is 44.0 Å². The largest absolute Gasteiger partial charge is 0.481 e. The molecule has 206 valence electrons. The Balaban J connectivity index is 1.69. The number of carbonyl (C=O) groups is 5. The Labute approximate surface area is 234 Å². The van der Waals surface area contributed by atoms with Gasteiger partial charge in [0.15, 0.2) is 0 Å². The summed E-state index contributed by atoms with van der Waals surface area (Å²) in [6, 6.07) is 13.3. The van der Waals surface area contributed by atoms with Crippen molar-refractivity contribution in [1.29, 1.82) is 0 Å². The van der Waals surface area contributed by atoms with E-state index in [2.05, 4.69) is 5.32 Å². The first-order chi connectivity index (χ1) is 19.0. The average Bonchev–Trinajstić information content (AvgIpc) is 3.28. The van der Waals surface area contributed by atoms with Crippen LogP contribution in [0.5, 0.6) is 0 Å². The number of hydrogen-bond donors (Lipinski definition) is 4. The van der Waals surface area contributed by atoms with Crippen LogP contribution < -0.4 is 11.1 Å². The summed E-state index contributed by atoms with van der Waals surface area (Å²) in [5.74, 6) is -5.88. The van der Waals surface area contributed by atoms with Crippen molar-refractivity contribution in [1.82, 2.24) is 10.1 Å². The second-order valence-electron chi connectivity index (χ2n) is 9.52. The lowest BCUT2D eigenvalue weighted by Crippen LogP contribution is -2.52. The molecule has 1 saturated heterocycles. The van der Waals surface area contributed by atoms with Gasteiger partial charge in [-0.05, 0) is 47.7 Å². The van der Waals surface area contributed by atoms with Gasteiger partial charge in [0.25, 0.3) is 0 Å². The van der Waals surface area contributed by atoms with Gasteiger partial charge in [-0.2, -0.15) is 0 Å². The second-order valence-corrected chi connectivity index (χ2v) is 9.95. The Kier molecular flexibility index (Phi) is 8.69. The number of amides is 3. The zero-order valence-electron chi connectivity index (χ0n) is 21.2. The predicted octanol–water partition coefficient (Wildman–Crippen LogP) is 2.48. The molecule has 5 N–H and O–H groups in total. The van der Waals surface area contributed by atoms with Crippen molar-refractivity contribution in [3.8, 4) is 11.1 Å². The van der Waals surface area contributed by atoms with Crippen LogP contribution in [0.3, 0.4) is 0 Å². The molecule has 2 aromatic rings. The number of carboxylic acid groups (broad SMARTS) is 2. The molecule has 0 aliphatic carbocycles. The maximum atomic E-state index is 13.4. The van der Waals surface area contributed by atoms with Crippen molar-refractivity contribution in [3.05, 3.63) is 70.9 Å². The minimum absolute atomic E-state index is 0.190. The van der Waals surface area contributed by atoms with Gasteiger partial charge in [-0.1, -0.05) is 48.0 Å². The molecule has 40 heavy (non-hydrogen) atoms. The topological polar surface area (TPSA) is 179 Å². The van der Waals surface area contributed by atoms with Crippen LogP contribution in [-0.2, 0) is 24.0 Å². The smallest absolute Gasteiger partial charge is 0.414 e. The van der Waals surface area contributed by atoms with Crippen LogP contribution in [0, 0.1) is 0 Å². The van der Waals surface area contributed by atoms with Crippen molar-refractivity contribution in [2.75, 3.05) is 0 Å². The highest BCUT2D eigenvalue weighted by Gasteiger charge is 2.46. The summed E-state index contributed by atoms with van der Waals surface area (Å²) in [5, 5.41) is 21.4. The van der Waals surface area contributed by atoms with E-state index in [4.69, 9.17) is 27.3 Å². The normalized spacial score (nSPS) is 16.0. The van der Waals surface area contributed by atoms with E-state index >= 15 is 0 Å². The van der Waals surface area contributed by atoms with Crippen LogP contribution in [0.2, 0.25) is 10.8 Å². The number of aliphatic carboxylic acids is 2. The summed E-state index contributed by atoms with van der Waals surface area (Å²) >= 11 is 6.12. The van der Waals surface area contributed by atoms with E-state index in [0.717, 1.165) is 11.1 Å². The van der Waals surface area contributed by atoms with Crippen molar-refractivity contribution < 1.29 is 34.2 Å². The van der Waals surface area contributed by atoms with Gasteiger partial charge >= 0.3 is 18.9 Å². The number of nitrogens with zero attached hydrogens (tertiary/aromatic N) is 2. The molecule has 11 nitrogen and oxygen atoms in total. The molecule has 2 aromatic carbocycles. The number of halogens is 1. The molecule has 2 aliphatic heterocycles. The first kappa shape index (κ1) is 28.6. The molecule has 0 bridgehead atoms. The third-order valence-electron chi connectivity index (χ3n) is 6.76. The Hall–Kier alpha value is -4.45. The van der Waals surface area contributed by atoms with Gasteiger partial charge in [-0.3, -0.25) is 24.0 Å². The van der Waals surface area contributed by atoms with E-state index < -0.39 is 55.4 Å². The third kappa shape index (κ3) is 6.57. The molecule has 0 radical (unpaired) electrons. The van der Waals surface area contributed by atoms with Crippen molar-refractivity contribution in [3.63, 3.8) is 0 Å². The molecule has 4 rings (SSSR count). The van der Waals surface area contributed by atoms with Crippen LogP contribution in [0.4, 0.5) is 0 Å².